The molecule has 112 valence electrons. The fourth-order valence-corrected chi connectivity index (χ4v) is 2.79. The molecule has 0 aromatic heterocycles. The zero-order valence-electron chi connectivity index (χ0n) is 12.0. The first-order valence-corrected chi connectivity index (χ1v) is 8.61. The topological polar surface area (TPSA) is 49.4 Å². The Labute approximate surface area is 126 Å². The highest BCUT2D eigenvalue weighted by Crippen LogP contribution is 2.05. The van der Waals surface area contributed by atoms with Crippen molar-refractivity contribution >= 4 is 16.1 Å². The van der Waals surface area contributed by atoms with Gasteiger partial charge in [-0.25, -0.2) is 8.42 Å². The third-order valence-electron chi connectivity index (χ3n) is 3.23. The number of benzene rings is 1. The van der Waals surface area contributed by atoms with Crippen LogP contribution in [0.15, 0.2) is 35.7 Å². The highest BCUT2D eigenvalue weighted by atomic mass is 32.2. The molecule has 1 aliphatic heterocycles. The second kappa shape index (κ2) is 7.99. The lowest BCUT2D eigenvalue weighted by Crippen LogP contribution is -2.22. The van der Waals surface area contributed by atoms with Crippen molar-refractivity contribution in [1.29, 1.82) is 0 Å². The van der Waals surface area contributed by atoms with Gasteiger partial charge in [-0.05, 0) is 37.6 Å². The third-order valence-corrected chi connectivity index (χ3v) is 4.27. The van der Waals surface area contributed by atoms with E-state index in [0.717, 1.165) is 25.2 Å². The summed E-state index contributed by atoms with van der Waals surface area (Å²) in [6.07, 6.45) is 4.04. The zero-order valence-corrected chi connectivity index (χ0v) is 12.8. The molecule has 1 aromatic carbocycles. The van der Waals surface area contributed by atoms with E-state index in [9.17, 15) is 8.42 Å². The van der Waals surface area contributed by atoms with Crippen molar-refractivity contribution in [3.8, 4) is 11.8 Å². The van der Waals surface area contributed by atoms with E-state index in [1.54, 1.807) is 6.08 Å². The maximum Gasteiger partial charge on any atom is 0.234 e. The minimum absolute atomic E-state index is 0.148. The van der Waals surface area contributed by atoms with Crippen LogP contribution in [-0.2, 0) is 10.0 Å². The zero-order chi connectivity index (χ0) is 15.0. The molecule has 1 fully saturated rings. The Morgan fingerprint density at radius 2 is 1.86 bits per heavy atom. The molecular formula is C16H20N2O2S. The first kappa shape index (κ1) is 15.8. The first-order chi connectivity index (χ1) is 10.2. The molecule has 1 aromatic rings. The molecule has 2 rings (SSSR count). The molecule has 0 atom stereocenters. The summed E-state index contributed by atoms with van der Waals surface area (Å²) in [6.45, 7) is 3.07. The van der Waals surface area contributed by atoms with Gasteiger partial charge < -0.3 is 0 Å². The largest absolute Gasteiger partial charge is 0.292 e. The lowest BCUT2D eigenvalue weighted by molar-refractivity contribution is 0.383. The summed E-state index contributed by atoms with van der Waals surface area (Å²) < 4.78 is 25.9. The quantitative estimate of drug-likeness (QED) is 0.842. The van der Waals surface area contributed by atoms with Gasteiger partial charge in [0.2, 0.25) is 10.0 Å². The van der Waals surface area contributed by atoms with Crippen LogP contribution in [0.5, 0.6) is 0 Å². The van der Waals surface area contributed by atoms with Gasteiger partial charge in [-0.1, -0.05) is 42.2 Å². The summed E-state index contributed by atoms with van der Waals surface area (Å²) in [6, 6.07) is 9.32. The Bertz CT molecular complexity index is 621. The Morgan fingerprint density at radius 1 is 1.14 bits per heavy atom. The summed E-state index contributed by atoms with van der Waals surface area (Å²) in [7, 11) is -3.43. The van der Waals surface area contributed by atoms with Crippen LogP contribution in [0.3, 0.4) is 0 Å². The number of likely N-dealkylation sites (tertiary alicyclic amines) is 1. The summed E-state index contributed by atoms with van der Waals surface area (Å²) in [5, 5.41) is 1.17. The van der Waals surface area contributed by atoms with Crippen molar-refractivity contribution in [2.45, 2.75) is 12.8 Å². The predicted octanol–water partition coefficient (Wildman–Crippen LogP) is 1.68. The van der Waals surface area contributed by atoms with Gasteiger partial charge in [-0.2, -0.15) is 4.72 Å². The fourth-order valence-electron chi connectivity index (χ4n) is 2.09. The molecule has 4 nitrogen and oxygen atoms in total. The maximum atomic E-state index is 11.7. The van der Waals surface area contributed by atoms with Crippen LogP contribution in [0, 0.1) is 11.8 Å². The molecule has 1 aliphatic rings. The maximum absolute atomic E-state index is 11.7. The number of nitrogens with one attached hydrogen (secondary N) is 1. The van der Waals surface area contributed by atoms with Gasteiger partial charge in [0.15, 0.2) is 0 Å². The number of nitrogens with zero attached hydrogens (tertiary/aromatic N) is 1. The molecule has 21 heavy (non-hydrogen) atoms. The lowest BCUT2D eigenvalue weighted by atomic mass is 10.2. The van der Waals surface area contributed by atoms with Gasteiger partial charge in [0.25, 0.3) is 0 Å². The smallest absolute Gasteiger partial charge is 0.234 e. The minimum Gasteiger partial charge on any atom is -0.292 e. The monoisotopic (exact) mass is 304 g/mol. The molecule has 5 heteroatoms. The van der Waals surface area contributed by atoms with Crippen LogP contribution in [0.25, 0.3) is 6.08 Å². The molecule has 0 radical (unpaired) electrons. The van der Waals surface area contributed by atoms with E-state index in [1.165, 1.54) is 18.2 Å². The highest BCUT2D eigenvalue weighted by molar-refractivity contribution is 7.92. The van der Waals surface area contributed by atoms with Crippen molar-refractivity contribution in [1.82, 2.24) is 9.62 Å². The number of hydrogen-bond acceptors (Lipinski definition) is 3. The molecule has 1 saturated heterocycles. The molecule has 0 saturated carbocycles. The van der Waals surface area contributed by atoms with Crippen LogP contribution < -0.4 is 4.72 Å². The highest BCUT2D eigenvalue weighted by Gasteiger charge is 2.08. The predicted molar refractivity (Wildman–Crippen MR) is 85.8 cm³/mol. The van der Waals surface area contributed by atoms with Crippen molar-refractivity contribution in [2.75, 3.05) is 26.2 Å². The molecule has 1 N–H and O–H groups in total. The average molecular weight is 304 g/mol. The van der Waals surface area contributed by atoms with Gasteiger partial charge in [-0.15, -0.1) is 0 Å². The van der Waals surface area contributed by atoms with Crippen LogP contribution >= 0.6 is 0 Å². The SMILES string of the molecule is O=S(=O)(/C=C/c1ccccc1)NCC#CCN1CCCC1. The Morgan fingerprint density at radius 3 is 2.57 bits per heavy atom. The van der Waals surface area contributed by atoms with Crippen LogP contribution in [0.2, 0.25) is 0 Å². The average Bonchev–Trinajstić information content (AvgIpc) is 2.99. The van der Waals surface area contributed by atoms with Crippen molar-refractivity contribution in [2.24, 2.45) is 0 Å². The second-order valence-corrected chi connectivity index (χ2v) is 6.57. The Balaban J connectivity index is 1.76. The molecular weight excluding hydrogens is 284 g/mol. The van der Waals surface area contributed by atoms with Crippen molar-refractivity contribution in [3.63, 3.8) is 0 Å². The molecule has 1 heterocycles. The Kier molecular flexibility index (Phi) is 6.00. The van der Waals surface area contributed by atoms with E-state index in [1.807, 2.05) is 30.3 Å². The minimum atomic E-state index is -3.43. The van der Waals surface area contributed by atoms with E-state index < -0.39 is 10.0 Å². The van der Waals surface area contributed by atoms with Gasteiger partial charge in [0.05, 0.1) is 13.1 Å². The first-order valence-electron chi connectivity index (χ1n) is 7.07. The van der Waals surface area contributed by atoms with Gasteiger partial charge in [-0.3, -0.25) is 4.90 Å². The number of sulfonamides is 1. The Hall–Kier alpha value is -1.61. The summed E-state index contributed by atoms with van der Waals surface area (Å²) >= 11 is 0. The summed E-state index contributed by atoms with van der Waals surface area (Å²) in [5.41, 5.74) is 0.850. The lowest BCUT2D eigenvalue weighted by Gasteiger charge is -2.08. The molecule has 0 unspecified atom stereocenters. The summed E-state index contributed by atoms with van der Waals surface area (Å²) in [4.78, 5) is 2.27. The molecule has 0 bridgehead atoms. The molecule has 0 aliphatic carbocycles. The van der Waals surface area contributed by atoms with Crippen LogP contribution in [0.1, 0.15) is 18.4 Å². The second-order valence-electron chi connectivity index (χ2n) is 4.92. The van der Waals surface area contributed by atoms with E-state index in [2.05, 4.69) is 21.5 Å². The van der Waals surface area contributed by atoms with Crippen molar-refractivity contribution in [3.05, 3.63) is 41.3 Å². The van der Waals surface area contributed by atoms with Gasteiger partial charge in [0, 0.05) is 5.41 Å². The van der Waals surface area contributed by atoms with Crippen LogP contribution in [-0.4, -0.2) is 39.5 Å². The van der Waals surface area contributed by atoms with Gasteiger partial charge >= 0.3 is 0 Å². The van der Waals surface area contributed by atoms with Crippen molar-refractivity contribution < 1.29 is 8.42 Å². The standard InChI is InChI=1S/C16H20N2O2S/c19-21(20,15-10-16-8-2-1-3-9-16)17-11-4-5-12-18-13-6-7-14-18/h1-3,8-10,15,17H,6-7,11-14H2/b15-10+. The van der Waals surface area contributed by atoms with E-state index in [-0.39, 0.29) is 6.54 Å². The van der Waals surface area contributed by atoms with Gasteiger partial charge in [0.1, 0.15) is 0 Å². The molecule has 0 amide bonds. The number of rotatable bonds is 5. The molecule has 0 spiro atoms. The normalized spacial score (nSPS) is 16.0. The van der Waals surface area contributed by atoms with Crippen LogP contribution in [0.4, 0.5) is 0 Å². The number of hydrogen-bond donors (Lipinski definition) is 1. The fraction of sp³-hybridized carbons (Fsp3) is 0.375. The summed E-state index contributed by atoms with van der Waals surface area (Å²) in [5.74, 6) is 5.85. The van der Waals surface area contributed by atoms with E-state index in [4.69, 9.17) is 0 Å². The van der Waals surface area contributed by atoms with E-state index >= 15 is 0 Å². The third kappa shape index (κ3) is 6.13. The van der Waals surface area contributed by atoms with E-state index in [0.29, 0.717) is 0 Å².